The summed E-state index contributed by atoms with van der Waals surface area (Å²) in [7, 11) is 1.23. The Morgan fingerprint density at radius 3 is 2.79 bits per heavy atom. The number of aromatic nitrogens is 1. The molecule has 1 aromatic heterocycles. The summed E-state index contributed by atoms with van der Waals surface area (Å²) in [6, 6.07) is 2.74. The predicted octanol–water partition coefficient (Wildman–Crippen LogP) is 1.43. The number of fused-ring (bicyclic) bond motifs is 3. The Balaban J connectivity index is 1.43. The van der Waals surface area contributed by atoms with E-state index in [9.17, 15) is 24.4 Å². The molecule has 202 valence electrons. The molecule has 3 aliphatic heterocycles. The standard InChI is InChI=1S/C26H32N6O6/c1-25(2,3)19(29-24(36)37-4)22(34)32-15-8-7-14(10-15)18(32)21(33)31-13-26(11-16(31)12-27)23(35)30-20-17(38-26)6-5-9-28-20/h5-6,9,14-16,18-19H,7-8,10-11,13H2,1-4H3,(H,29,36)(H,28,30,35)/t14-,15+,16-,18-,19+,26+/m0/s1. The molecular weight excluding hydrogens is 492 g/mol. The molecule has 6 atom stereocenters. The van der Waals surface area contributed by atoms with Crippen molar-refractivity contribution < 1.29 is 28.7 Å². The molecule has 4 amide bonds. The molecule has 1 aromatic rings. The van der Waals surface area contributed by atoms with Gasteiger partial charge in [0.05, 0.1) is 19.7 Å². The minimum atomic E-state index is -1.43. The molecule has 1 saturated carbocycles. The van der Waals surface area contributed by atoms with Gasteiger partial charge in [-0.15, -0.1) is 0 Å². The van der Waals surface area contributed by atoms with Gasteiger partial charge in [-0.05, 0) is 42.7 Å². The van der Waals surface area contributed by atoms with Crippen molar-refractivity contribution in [3.05, 3.63) is 18.3 Å². The Labute approximate surface area is 220 Å². The summed E-state index contributed by atoms with van der Waals surface area (Å²) in [5.41, 5.74) is -2.08. The highest BCUT2D eigenvalue weighted by atomic mass is 16.5. The Kier molecular flexibility index (Phi) is 6.20. The number of carbonyl (C=O) groups excluding carboxylic acids is 4. The fourth-order valence-electron chi connectivity index (χ4n) is 6.27. The third-order valence-electron chi connectivity index (χ3n) is 8.13. The number of ether oxygens (including phenoxy) is 2. The molecular formula is C26H32N6O6. The van der Waals surface area contributed by atoms with E-state index in [1.807, 2.05) is 20.8 Å². The maximum Gasteiger partial charge on any atom is 0.407 e. The van der Waals surface area contributed by atoms with Crippen LogP contribution in [0.5, 0.6) is 5.75 Å². The smallest absolute Gasteiger partial charge is 0.407 e. The number of hydrogen-bond acceptors (Lipinski definition) is 8. The number of piperidine rings is 1. The zero-order valence-corrected chi connectivity index (χ0v) is 21.9. The molecule has 0 aromatic carbocycles. The molecule has 4 aliphatic rings. The van der Waals surface area contributed by atoms with Crippen LogP contribution in [-0.2, 0) is 19.1 Å². The number of amides is 4. The van der Waals surface area contributed by atoms with Gasteiger partial charge in [-0.1, -0.05) is 20.8 Å². The molecule has 12 nitrogen and oxygen atoms in total. The van der Waals surface area contributed by atoms with E-state index in [2.05, 4.69) is 21.7 Å². The van der Waals surface area contributed by atoms with Crippen molar-refractivity contribution in [1.29, 1.82) is 5.26 Å². The Morgan fingerprint density at radius 1 is 1.34 bits per heavy atom. The van der Waals surface area contributed by atoms with Gasteiger partial charge < -0.3 is 29.9 Å². The second kappa shape index (κ2) is 9.15. The number of alkyl carbamates (subject to hydrolysis) is 1. The molecule has 2 N–H and O–H groups in total. The predicted molar refractivity (Wildman–Crippen MR) is 133 cm³/mol. The van der Waals surface area contributed by atoms with Crippen LogP contribution >= 0.6 is 0 Å². The van der Waals surface area contributed by atoms with E-state index < -0.39 is 41.1 Å². The lowest BCUT2D eigenvalue weighted by molar-refractivity contribution is -0.151. The average Bonchev–Trinajstić information content (AvgIpc) is 3.60. The first kappa shape index (κ1) is 25.8. The molecule has 3 fully saturated rings. The monoisotopic (exact) mass is 524 g/mol. The normalized spacial score (nSPS) is 30.2. The van der Waals surface area contributed by atoms with Gasteiger partial charge in [-0.25, -0.2) is 9.78 Å². The number of nitriles is 1. The molecule has 38 heavy (non-hydrogen) atoms. The van der Waals surface area contributed by atoms with Crippen LogP contribution in [0.1, 0.15) is 46.5 Å². The summed E-state index contributed by atoms with van der Waals surface area (Å²) in [5.74, 6) is -0.614. The zero-order valence-electron chi connectivity index (χ0n) is 21.9. The van der Waals surface area contributed by atoms with Crippen LogP contribution in [0, 0.1) is 22.7 Å². The van der Waals surface area contributed by atoms with Crippen molar-refractivity contribution in [3.63, 3.8) is 0 Å². The minimum Gasteiger partial charge on any atom is -0.472 e. The van der Waals surface area contributed by atoms with Crippen LogP contribution in [0.15, 0.2) is 18.3 Å². The highest BCUT2D eigenvalue weighted by Gasteiger charge is 2.60. The fourth-order valence-corrected chi connectivity index (χ4v) is 6.27. The van der Waals surface area contributed by atoms with E-state index in [4.69, 9.17) is 9.47 Å². The maximum absolute atomic E-state index is 14.1. The van der Waals surface area contributed by atoms with E-state index in [1.165, 1.54) is 18.2 Å². The highest BCUT2D eigenvalue weighted by Crippen LogP contribution is 2.46. The van der Waals surface area contributed by atoms with E-state index in [0.717, 1.165) is 12.8 Å². The molecule has 1 spiro atoms. The van der Waals surface area contributed by atoms with E-state index >= 15 is 0 Å². The number of hydrogen-bond donors (Lipinski definition) is 2. The molecule has 2 bridgehead atoms. The first-order valence-corrected chi connectivity index (χ1v) is 12.8. The second-order valence-electron chi connectivity index (χ2n) is 11.6. The van der Waals surface area contributed by atoms with Gasteiger partial charge in [0.1, 0.15) is 18.1 Å². The molecule has 5 rings (SSSR count). The van der Waals surface area contributed by atoms with Crippen LogP contribution in [0.25, 0.3) is 0 Å². The number of rotatable bonds is 3. The summed E-state index contributed by atoms with van der Waals surface area (Å²) in [5, 5.41) is 15.3. The number of nitrogens with zero attached hydrogens (tertiary/aromatic N) is 4. The first-order chi connectivity index (χ1) is 18.0. The highest BCUT2D eigenvalue weighted by molar-refractivity contribution is 6.01. The third kappa shape index (κ3) is 4.10. The van der Waals surface area contributed by atoms with Gasteiger partial charge in [-0.3, -0.25) is 14.4 Å². The summed E-state index contributed by atoms with van der Waals surface area (Å²) in [6.07, 6.45) is 3.01. The van der Waals surface area contributed by atoms with Crippen molar-refractivity contribution in [2.45, 2.75) is 76.2 Å². The summed E-state index contributed by atoms with van der Waals surface area (Å²) in [4.78, 5) is 60.3. The van der Waals surface area contributed by atoms with E-state index in [1.54, 1.807) is 17.0 Å². The summed E-state index contributed by atoms with van der Waals surface area (Å²) >= 11 is 0. The zero-order chi connectivity index (χ0) is 27.4. The van der Waals surface area contributed by atoms with Crippen molar-refractivity contribution >= 4 is 29.6 Å². The average molecular weight is 525 g/mol. The number of methoxy groups -OCH3 is 1. The minimum absolute atomic E-state index is 0.00131. The Hall–Kier alpha value is -3.88. The first-order valence-electron chi connectivity index (χ1n) is 12.8. The van der Waals surface area contributed by atoms with Gasteiger partial charge in [0.25, 0.3) is 5.91 Å². The van der Waals surface area contributed by atoms with Crippen LogP contribution in [0.2, 0.25) is 0 Å². The van der Waals surface area contributed by atoms with Crippen LogP contribution in [0.4, 0.5) is 10.6 Å². The molecule has 12 heteroatoms. The van der Waals surface area contributed by atoms with Crippen molar-refractivity contribution in [2.24, 2.45) is 11.3 Å². The topological polar surface area (TPSA) is 154 Å². The number of nitrogens with one attached hydrogen (secondary N) is 2. The van der Waals surface area contributed by atoms with Crippen LogP contribution in [-0.4, -0.2) is 82.0 Å². The molecule has 2 saturated heterocycles. The van der Waals surface area contributed by atoms with Gasteiger partial charge >= 0.3 is 6.09 Å². The lowest BCUT2D eigenvalue weighted by Gasteiger charge is -2.41. The molecule has 1 aliphatic carbocycles. The Morgan fingerprint density at radius 2 is 2.11 bits per heavy atom. The largest absolute Gasteiger partial charge is 0.472 e. The molecule has 4 heterocycles. The van der Waals surface area contributed by atoms with E-state index in [0.29, 0.717) is 12.2 Å². The van der Waals surface area contributed by atoms with Crippen molar-refractivity contribution in [1.82, 2.24) is 20.1 Å². The Bertz CT molecular complexity index is 1220. The van der Waals surface area contributed by atoms with Gasteiger partial charge in [0, 0.05) is 18.7 Å². The summed E-state index contributed by atoms with van der Waals surface area (Å²) < 4.78 is 10.8. The van der Waals surface area contributed by atoms with Gasteiger partial charge in [0.2, 0.25) is 17.4 Å². The second-order valence-corrected chi connectivity index (χ2v) is 11.6. The lowest BCUT2D eigenvalue weighted by atomic mass is 9.85. The third-order valence-corrected chi connectivity index (χ3v) is 8.13. The van der Waals surface area contributed by atoms with E-state index in [-0.39, 0.29) is 42.6 Å². The number of pyridine rings is 1. The summed E-state index contributed by atoms with van der Waals surface area (Å²) in [6.45, 7) is 5.37. The lowest BCUT2D eigenvalue weighted by Crippen LogP contribution is -2.62. The number of likely N-dealkylation sites (tertiary alicyclic amines) is 2. The van der Waals surface area contributed by atoms with Crippen LogP contribution < -0.4 is 15.4 Å². The van der Waals surface area contributed by atoms with Crippen molar-refractivity contribution in [2.75, 3.05) is 19.0 Å². The fraction of sp³-hybridized carbons (Fsp3) is 0.615. The number of carbonyl (C=O) groups is 4. The van der Waals surface area contributed by atoms with Gasteiger partial charge in [0.15, 0.2) is 11.6 Å². The quantitative estimate of drug-likeness (QED) is 0.602. The van der Waals surface area contributed by atoms with Crippen molar-refractivity contribution in [3.8, 4) is 11.8 Å². The number of anilines is 1. The molecule has 0 unspecified atom stereocenters. The maximum atomic E-state index is 14.1. The van der Waals surface area contributed by atoms with Gasteiger partial charge in [-0.2, -0.15) is 5.26 Å². The van der Waals surface area contributed by atoms with Crippen LogP contribution in [0.3, 0.4) is 0 Å². The SMILES string of the molecule is COC(=O)N[C@H](C(=O)N1[C@@H]2CC[C@@H](C2)[C@H]1C(=O)N1C[C@@]2(C[C@H]1C#N)Oc1cccnc1NC2=O)C(C)(C)C. The molecule has 0 radical (unpaired) electrons.